The van der Waals surface area contributed by atoms with E-state index in [0.29, 0.717) is 46.7 Å². The van der Waals surface area contributed by atoms with E-state index in [9.17, 15) is 9.59 Å². The summed E-state index contributed by atoms with van der Waals surface area (Å²) in [7, 11) is 4.73. The maximum absolute atomic E-state index is 13.8. The summed E-state index contributed by atoms with van der Waals surface area (Å²) in [4.78, 5) is 28.7. The monoisotopic (exact) mass is 545 g/mol. The fourth-order valence-electron chi connectivity index (χ4n) is 5.43. The van der Waals surface area contributed by atoms with Gasteiger partial charge in [0.25, 0.3) is 0 Å². The number of hydrogen-bond donors (Lipinski definition) is 1. The Hall–Kier alpha value is -4.04. The fourth-order valence-corrected chi connectivity index (χ4v) is 6.26. The minimum Gasteiger partial charge on any atom is -0.497 e. The van der Waals surface area contributed by atoms with Crippen LogP contribution in [0.15, 0.2) is 82.5 Å². The van der Waals surface area contributed by atoms with Gasteiger partial charge in [-0.2, -0.15) is 0 Å². The zero-order chi connectivity index (χ0) is 27.5. The lowest BCUT2D eigenvalue weighted by molar-refractivity contribution is -0.140. The number of ether oxygens (including phenoxy) is 4. The molecule has 1 aliphatic heterocycles. The molecule has 7 nitrogen and oxygen atoms in total. The molecule has 3 aromatic rings. The average Bonchev–Trinajstić information content (AvgIpc) is 3.50. The Morgan fingerprint density at radius 2 is 1.77 bits per heavy atom. The van der Waals surface area contributed by atoms with Crippen LogP contribution in [-0.4, -0.2) is 33.1 Å². The molecule has 1 aliphatic carbocycles. The van der Waals surface area contributed by atoms with E-state index in [1.54, 1.807) is 38.7 Å². The lowest BCUT2D eigenvalue weighted by atomic mass is 9.72. The summed E-state index contributed by atoms with van der Waals surface area (Å²) >= 11 is 1.66. The highest BCUT2D eigenvalue weighted by Crippen LogP contribution is 2.49. The smallest absolute Gasteiger partial charge is 0.337 e. The first-order valence-corrected chi connectivity index (χ1v) is 13.6. The van der Waals surface area contributed by atoms with Gasteiger partial charge < -0.3 is 24.3 Å². The third-order valence-electron chi connectivity index (χ3n) is 7.27. The van der Waals surface area contributed by atoms with Gasteiger partial charge in [-0.25, -0.2) is 4.79 Å². The zero-order valence-corrected chi connectivity index (χ0v) is 23.2. The number of methoxy groups -OCH3 is 3. The molecule has 2 atom stereocenters. The first kappa shape index (κ1) is 26.6. The van der Waals surface area contributed by atoms with E-state index in [1.807, 2.05) is 54.8 Å². The van der Waals surface area contributed by atoms with Crippen LogP contribution in [0, 0.1) is 0 Å². The number of rotatable bonds is 8. The molecule has 202 valence electrons. The summed E-state index contributed by atoms with van der Waals surface area (Å²) in [6.45, 7) is 1.94. The number of benzene rings is 2. The number of para-hydroxylation sites is 1. The van der Waals surface area contributed by atoms with Crippen molar-refractivity contribution in [1.82, 2.24) is 5.32 Å². The summed E-state index contributed by atoms with van der Waals surface area (Å²) in [5, 5.41) is 5.44. The van der Waals surface area contributed by atoms with Gasteiger partial charge in [0.05, 0.1) is 32.8 Å². The summed E-state index contributed by atoms with van der Waals surface area (Å²) in [5.74, 6) is 0.676. The Labute approximate surface area is 232 Å². The minimum atomic E-state index is -0.661. The molecule has 8 heteroatoms. The molecule has 2 aliphatic rings. The van der Waals surface area contributed by atoms with Crippen LogP contribution >= 0.6 is 11.3 Å². The van der Waals surface area contributed by atoms with E-state index in [-0.39, 0.29) is 18.3 Å². The van der Waals surface area contributed by atoms with Crippen LogP contribution in [0.1, 0.15) is 47.6 Å². The quantitative estimate of drug-likeness (QED) is 0.354. The lowest BCUT2D eigenvalue weighted by Crippen LogP contribution is -2.36. The van der Waals surface area contributed by atoms with Crippen molar-refractivity contribution in [1.29, 1.82) is 0 Å². The molecule has 1 aromatic heterocycles. The SMILES string of the molecule is COc1ccc(COC(=O)C2=C(C)NC3=C(C(=O)C[C@@H](c4cccs4)C3)[C@@H]2c2cccc(OC)c2OC)cc1. The van der Waals surface area contributed by atoms with Crippen molar-refractivity contribution in [2.45, 2.75) is 38.2 Å². The number of nitrogens with one attached hydrogen (secondary N) is 1. The third kappa shape index (κ3) is 5.16. The van der Waals surface area contributed by atoms with E-state index in [2.05, 4.69) is 11.4 Å². The molecular formula is C31H31NO6S. The van der Waals surface area contributed by atoms with Gasteiger partial charge in [0.1, 0.15) is 12.4 Å². The molecule has 0 unspecified atom stereocenters. The van der Waals surface area contributed by atoms with Crippen LogP contribution in [0.5, 0.6) is 17.2 Å². The molecule has 0 amide bonds. The number of allylic oxidation sites excluding steroid dienone is 3. The molecule has 2 heterocycles. The number of thiophene rings is 1. The molecule has 0 fully saturated rings. The molecule has 0 saturated carbocycles. The van der Waals surface area contributed by atoms with Crippen LogP contribution in [0.3, 0.4) is 0 Å². The van der Waals surface area contributed by atoms with Gasteiger partial charge in [0.2, 0.25) is 0 Å². The standard InChI is InChI=1S/C31H31NO6S/c1-18-27(31(34)38-17-19-10-12-21(35-2)13-11-19)28(22-7-5-8-25(36-3)30(22)37-4)29-23(32-18)15-20(16-24(29)33)26-9-6-14-39-26/h5-14,20,28,32H,15-17H2,1-4H3/t20-,28+/m0/s1. The van der Waals surface area contributed by atoms with E-state index in [1.165, 1.54) is 4.88 Å². The van der Waals surface area contributed by atoms with Crippen molar-refractivity contribution in [2.24, 2.45) is 0 Å². The van der Waals surface area contributed by atoms with Crippen LogP contribution in [0.2, 0.25) is 0 Å². The largest absolute Gasteiger partial charge is 0.497 e. The van der Waals surface area contributed by atoms with Crippen molar-refractivity contribution in [3.05, 3.63) is 98.5 Å². The molecule has 39 heavy (non-hydrogen) atoms. The Morgan fingerprint density at radius 3 is 2.44 bits per heavy atom. The van der Waals surface area contributed by atoms with E-state index < -0.39 is 11.9 Å². The summed E-state index contributed by atoms with van der Waals surface area (Å²) < 4.78 is 22.4. The maximum atomic E-state index is 13.8. The summed E-state index contributed by atoms with van der Waals surface area (Å²) in [6.07, 6.45) is 1.05. The number of dihydropyridines is 1. The topological polar surface area (TPSA) is 83.1 Å². The van der Waals surface area contributed by atoms with Gasteiger partial charge in [0, 0.05) is 39.7 Å². The predicted octanol–water partition coefficient (Wildman–Crippen LogP) is 5.88. The normalized spacial score (nSPS) is 18.8. The molecular weight excluding hydrogens is 514 g/mol. The predicted molar refractivity (Wildman–Crippen MR) is 149 cm³/mol. The first-order valence-electron chi connectivity index (χ1n) is 12.7. The van der Waals surface area contributed by atoms with Crippen molar-refractivity contribution in [3.63, 3.8) is 0 Å². The number of Topliss-reactive ketones (excluding diaryl/α,β-unsaturated/α-hetero) is 1. The van der Waals surface area contributed by atoms with E-state index in [4.69, 9.17) is 18.9 Å². The lowest BCUT2D eigenvalue weighted by Gasteiger charge is -2.37. The number of ketones is 1. The Kier molecular flexibility index (Phi) is 7.74. The molecule has 0 bridgehead atoms. The summed E-state index contributed by atoms with van der Waals surface area (Å²) in [6, 6.07) is 16.9. The second kappa shape index (κ2) is 11.4. The highest BCUT2D eigenvalue weighted by molar-refractivity contribution is 7.10. The molecule has 0 saturated heterocycles. The number of esters is 1. The van der Waals surface area contributed by atoms with Gasteiger partial charge in [0.15, 0.2) is 17.3 Å². The molecule has 1 N–H and O–H groups in total. The Bertz CT molecular complexity index is 1440. The highest BCUT2D eigenvalue weighted by Gasteiger charge is 2.43. The van der Waals surface area contributed by atoms with Gasteiger partial charge >= 0.3 is 5.97 Å². The van der Waals surface area contributed by atoms with E-state index >= 15 is 0 Å². The molecule has 2 aromatic carbocycles. The van der Waals surface area contributed by atoms with E-state index in [0.717, 1.165) is 17.0 Å². The molecule has 0 radical (unpaired) electrons. The average molecular weight is 546 g/mol. The number of hydrogen-bond acceptors (Lipinski definition) is 8. The van der Waals surface area contributed by atoms with Crippen LogP contribution < -0.4 is 19.5 Å². The zero-order valence-electron chi connectivity index (χ0n) is 22.4. The molecule has 0 spiro atoms. The highest BCUT2D eigenvalue weighted by atomic mass is 32.1. The van der Waals surface area contributed by atoms with Crippen LogP contribution in [0.4, 0.5) is 0 Å². The van der Waals surface area contributed by atoms with Gasteiger partial charge in [-0.05, 0) is 48.6 Å². The van der Waals surface area contributed by atoms with Crippen molar-refractivity contribution in [2.75, 3.05) is 21.3 Å². The maximum Gasteiger partial charge on any atom is 0.337 e. The Balaban J connectivity index is 1.55. The second-order valence-corrected chi connectivity index (χ2v) is 10.5. The van der Waals surface area contributed by atoms with Gasteiger partial charge in [-0.1, -0.05) is 30.3 Å². The number of carbonyl (C=O) groups is 2. The van der Waals surface area contributed by atoms with Crippen LogP contribution in [-0.2, 0) is 20.9 Å². The molecule has 5 rings (SSSR count). The minimum absolute atomic E-state index is 0.00461. The second-order valence-electron chi connectivity index (χ2n) is 9.54. The van der Waals surface area contributed by atoms with Crippen molar-refractivity contribution < 1.29 is 28.5 Å². The fraction of sp³-hybridized carbons (Fsp3) is 0.290. The van der Waals surface area contributed by atoms with Crippen LogP contribution in [0.25, 0.3) is 0 Å². The first-order chi connectivity index (χ1) is 18.9. The number of carbonyl (C=O) groups excluding carboxylic acids is 2. The van der Waals surface area contributed by atoms with Gasteiger partial charge in [-0.3, -0.25) is 4.79 Å². The van der Waals surface area contributed by atoms with Crippen molar-refractivity contribution >= 4 is 23.1 Å². The van der Waals surface area contributed by atoms with Gasteiger partial charge in [-0.15, -0.1) is 11.3 Å². The Morgan fingerprint density at radius 1 is 0.974 bits per heavy atom. The third-order valence-corrected chi connectivity index (χ3v) is 8.30. The summed E-state index contributed by atoms with van der Waals surface area (Å²) in [5.41, 5.74) is 3.97. The van der Waals surface area contributed by atoms with Crippen molar-refractivity contribution in [3.8, 4) is 17.2 Å².